The van der Waals surface area contributed by atoms with Gasteiger partial charge >= 0.3 is 11.6 Å². The molecule has 3 aromatic rings. The molecular weight excluding hydrogens is 284 g/mol. The third-order valence-corrected chi connectivity index (χ3v) is 3.74. The Morgan fingerprint density at radius 3 is 2.79 bits per heavy atom. The fraction of sp³-hybridized carbons (Fsp3) is 0.0769. The third-order valence-electron chi connectivity index (χ3n) is 2.54. The van der Waals surface area contributed by atoms with Gasteiger partial charge in [-0.25, -0.2) is 4.79 Å². The largest absolute Gasteiger partial charge is 0.388 e. The summed E-state index contributed by atoms with van der Waals surface area (Å²) in [5.41, 5.74) is 0.374. The fourth-order valence-electron chi connectivity index (χ4n) is 1.70. The van der Waals surface area contributed by atoms with E-state index in [-0.39, 0.29) is 11.6 Å². The highest BCUT2D eigenvalue weighted by Crippen LogP contribution is 2.23. The maximum atomic E-state index is 11.8. The van der Waals surface area contributed by atoms with E-state index in [1.807, 2.05) is 6.92 Å². The highest BCUT2D eigenvalue weighted by molar-refractivity contribution is 7.18. The molecule has 0 unspecified atom stereocenters. The molecule has 0 radical (unpaired) electrons. The van der Waals surface area contributed by atoms with Crippen LogP contribution in [0.2, 0.25) is 5.02 Å². The van der Waals surface area contributed by atoms with Crippen LogP contribution in [-0.4, -0.2) is 4.98 Å². The average molecular weight is 293 g/mol. The molecule has 0 spiro atoms. The average Bonchev–Trinajstić information content (AvgIpc) is 2.73. The molecule has 2 aromatic heterocycles. The summed E-state index contributed by atoms with van der Waals surface area (Å²) in [6, 6.07) is 9.03. The predicted molar refractivity (Wildman–Crippen MR) is 77.6 cm³/mol. The standard InChI is InChI=1S/C13H9ClN2O2S/c1-7-6-10-11(19-7)16-13(18-12(10)17)15-9-4-2-8(14)3-5-9/h2-6H,1H3,(H,15,16). The molecule has 0 aliphatic carbocycles. The van der Waals surface area contributed by atoms with Crippen LogP contribution in [0.25, 0.3) is 10.2 Å². The highest BCUT2D eigenvalue weighted by Gasteiger charge is 2.09. The van der Waals surface area contributed by atoms with Crippen LogP contribution in [0.4, 0.5) is 11.7 Å². The Bertz CT molecular complexity index is 793. The summed E-state index contributed by atoms with van der Waals surface area (Å²) in [5.74, 6) is 0. The molecule has 0 aliphatic heterocycles. The Kier molecular flexibility index (Phi) is 3.00. The van der Waals surface area contributed by atoms with Gasteiger partial charge in [-0.3, -0.25) is 0 Å². The molecule has 0 aliphatic rings. The number of thiophene rings is 1. The Morgan fingerprint density at radius 1 is 1.32 bits per heavy atom. The van der Waals surface area contributed by atoms with Crippen LogP contribution in [0.15, 0.2) is 39.5 Å². The quantitative estimate of drug-likeness (QED) is 0.777. The second kappa shape index (κ2) is 4.68. The van der Waals surface area contributed by atoms with Gasteiger partial charge in [0.2, 0.25) is 0 Å². The summed E-state index contributed by atoms with van der Waals surface area (Å²) in [7, 11) is 0. The summed E-state index contributed by atoms with van der Waals surface area (Å²) in [5, 5.41) is 4.10. The zero-order chi connectivity index (χ0) is 13.4. The van der Waals surface area contributed by atoms with Gasteiger partial charge in [0.25, 0.3) is 0 Å². The molecule has 3 rings (SSSR count). The zero-order valence-corrected chi connectivity index (χ0v) is 11.5. The van der Waals surface area contributed by atoms with Gasteiger partial charge in [-0.2, -0.15) is 4.98 Å². The van der Waals surface area contributed by atoms with E-state index in [1.165, 1.54) is 11.3 Å². The molecule has 2 heterocycles. The van der Waals surface area contributed by atoms with Crippen LogP contribution in [-0.2, 0) is 0 Å². The van der Waals surface area contributed by atoms with Gasteiger partial charge in [-0.1, -0.05) is 11.6 Å². The first kappa shape index (κ1) is 12.2. The number of aromatic nitrogens is 1. The first-order chi connectivity index (χ1) is 9.11. The van der Waals surface area contributed by atoms with Gasteiger partial charge < -0.3 is 9.73 Å². The molecule has 0 saturated heterocycles. The molecule has 0 bridgehead atoms. The minimum absolute atomic E-state index is 0.182. The van der Waals surface area contributed by atoms with Crippen molar-refractivity contribution < 1.29 is 4.42 Å². The lowest BCUT2D eigenvalue weighted by Crippen LogP contribution is -2.03. The molecule has 1 aromatic carbocycles. The second-order valence-corrected chi connectivity index (χ2v) is 5.69. The lowest BCUT2D eigenvalue weighted by molar-refractivity contribution is 0.522. The maximum Gasteiger partial charge on any atom is 0.349 e. The van der Waals surface area contributed by atoms with Gasteiger partial charge in [0.05, 0.1) is 5.39 Å². The topological polar surface area (TPSA) is 55.1 Å². The van der Waals surface area contributed by atoms with E-state index in [9.17, 15) is 4.79 Å². The van der Waals surface area contributed by atoms with E-state index in [0.29, 0.717) is 15.2 Å². The number of anilines is 2. The van der Waals surface area contributed by atoms with E-state index in [4.69, 9.17) is 16.0 Å². The Hall–Kier alpha value is -1.85. The third kappa shape index (κ3) is 2.47. The van der Waals surface area contributed by atoms with Crippen LogP contribution in [0, 0.1) is 6.92 Å². The number of hydrogen-bond acceptors (Lipinski definition) is 5. The van der Waals surface area contributed by atoms with E-state index in [2.05, 4.69) is 10.3 Å². The Balaban J connectivity index is 2.01. The monoisotopic (exact) mass is 292 g/mol. The fourth-order valence-corrected chi connectivity index (χ4v) is 2.69. The van der Waals surface area contributed by atoms with Crippen molar-refractivity contribution in [3.63, 3.8) is 0 Å². The van der Waals surface area contributed by atoms with Crippen molar-refractivity contribution in [1.29, 1.82) is 0 Å². The number of halogens is 1. The predicted octanol–water partition coefficient (Wildman–Crippen LogP) is 3.95. The molecule has 0 atom stereocenters. The molecule has 96 valence electrons. The summed E-state index contributed by atoms with van der Waals surface area (Å²) >= 11 is 7.27. The molecule has 0 saturated carbocycles. The van der Waals surface area contributed by atoms with Crippen molar-refractivity contribution in [1.82, 2.24) is 4.98 Å². The smallest absolute Gasteiger partial charge is 0.349 e. The summed E-state index contributed by atoms with van der Waals surface area (Å²) in [4.78, 5) is 17.8. The maximum absolute atomic E-state index is 11.8. The number of benzene rings is 1. The summed E-state index contributed by atoms with van der Waals surface area (Å²) < 4.78 is 5.13. The van der Waals surface area contributed by atoms with E-state index >= 15 is 0 Å². The van der Waals surface area contributed by atoms with E-state index in [1.54, 1.807) is 30.3 Å². The van der Waals surface area contributed by atoms with Gasteiger partial charge in [0.1, 0.15) is 4.83 Å². The van der Waals surface area contributed by atoms with Gasteiger partial charge in [0, 0.05) is 15.6 Å². The van der Waals surface area contributed by atoms with Crippen molar-refractivity contribution in [3.8, 4) is 0 Å². The number of hydrogen-bond donors (Lipinski definition) is 1. The van der Waals surface area contributed by atoms with Crippen molar-refractivity contribution in [2.45, 2.75) is 6.92 Å². The van der Waals surface area contributed by atoms with Crippen molar-refractivity contribution in [3.05, 3.63) is 50.7 Å². The SMILES string of the molecule is Cc1cc2c(=O)oc(Nc3ccc(Cl)cc3)nc2s1. The normalized spacial score (nSPS) is 10.8. The van der Waals surface area contributed by atoms with Gasteiger partial charge in [-0.05, 0) is 37.3 Å². The molecule has 6 heteroatoms. The summed E-state index contributed by atoms with van der Waals surface area (Å²) in [6.45, 7) is 1.93. The minimum Gasteiger partial charge on any atom is -0.388 e. The molecule has 4 nitrogen and oxygen atoms in total. The number of aryl methyl sites for hydroxylation is 1. The highest BCUT2D eigenvalue weighted by atomic mass is 35.5. The van der Waals surface area contributed by atoms with Crippen molar-refractivity contribution in [2.24, 2.45) is 0 Å². The second-order valence-electron chi connectivity index (χ2n) is 4.01. The van der Waals surface area contributed by atoms with Crippen LogP contribution >= 0.6 is 22.9 Å². The number of nitrogens with one attached hydrogen (secondary N) is 1. The van der Waals surface area contributed by atoms with E-state index < -0.39 is 0 Å². The molecule has 0 fully saturated rings. The molecule has 1 N–H and O–H groups in total. The molecular formula is C13H9ClN2O2S. The number of fused-ring (bicyclic) bond motifs is 1. The zero-order valence-electron chi connectivity index (χ0n) is 9.94. The van der Waals surface area contributed by atoms with Crippen LogP contribution in [0.5, 0.6) is 0 Å². The van der Waals surface area contributed by atoms with Crippen LogP contribution < -0.4 is 10.9 Å². The van der Waals surface area contributed by atoms with Gasteiger partial charge in [-0.15, -0.1) is 11.3 Å². The molecule has 19 heavy (non-hydrogen) atoms. The lowest BCUT2D eigenvalue weighted by atomic mass is 10.3. The lowest BCUT2D eigenvalue weighted by Gasteiger charge is -2.03. The Labute approximate surface area is 117 Å². The van der Waals surface area contributed by atoms with Crippen molar-refractivity contribution in [2.75, 3.05) is 5.32 Å². The van der Waals surface area contributed by atoms with Gasteiger partial charge in [0.15, 0.2) is 0 Å². The first-order valence-corrected chi connectivity index (χ1v) is 6.75. The van der Waals surface area contributed by atoms with E-state index in [0.717, 1.165) is 10.6 Å². The minimum atomic E-state index is -0.384. The Morgan fingerprint density at radius 2 is 2.05 bits per heavy atom. The van der Waals surface area contributed by atoms with Crippen LogP contribution in [0.1, 0.15) is 4.88 Å². The van der Waals surface area contributed by atoms with Crippen molar-refractivity contribution >= 4 is 44.9 Å². The first-order valence-electron chi connectivity index (χ1n) is 5.56. The molecule has 0 amide bonds. The summed E-state index contributed by atoms with van der Waals surface area (Å²) in [6.07, 6.45) is 0. The number of nitrogens with zero attached hydrogens (tertiary/aromatic N) is 1. The number of rotatable bonds is 2. The van der Waals surface area contributed by atoms with Crippen LogP contribution in [0.3, 0.4) is 0 Å².